The summed E-state index contributed by atoms with van der Waals surface area (Å²) in [7, 11) is 0. The number of fused-ring (bicyclic) bond motifs is 2. The lowest BCUT2D eigenvalue weighted by molar-refractivity contribution is -0.134. The Morgan fingerprint density at radius 3 is 2.40 bits per heavy atom. The molecule has 0 bridgehead atoms. The zero-order chi connectivity index (χ0) is 20.1. The second kappa shape index (κ2) is 7.11. The van der Waals surface area contributed by atoms with Crippen molar-refractivity contribution in [2.45, 2.75) is 56.8 Å². The van der Waals surface area contributed by atoms with Gasteiger partial charge in [-0.15, -0.1) is 0 Å². The van der Waals surface area contributed by atoms with Crippen molar-refractivity contribution < 1.29 is 4.79 Å². The zero-order valence-corrected chi connectivity index (χ0v) is 17.7. The van der Waals surface area contributed by atoms with Gasteiger partial charge in [0, 0.05) is 18.2 Å². The number of amides is 1. The lowest BCUT2D eigenvalue weighted by Gasteiger charge is -2.47. The van der Waals surface area contributed by atoms with Crippen LogP contribution in [0.15, 0.2) is 71.9 Å². The SMILES string of the molecule is O=C1N2CC3CCCCC3C3CCCC(=C32)C1(Cc1ccccc1)c1ccccc1. The van der Waals surface area contributed by atoms with Crippen LogP contribution in [0, 0.1) is 17.8 Å². The van der Waals surface area contributed by atoms with Crippen LogP contribution in [0.25, 0.3) is 0 Å². The highest BCUT2D eigenvalue weighted by atomic mass is 16.2. The fourth-order valence-corrected chi connectivity index (χ4v) is 7.28. The molecular formula is C28H31NO. The van der Waals surface area contributed by atoms with Crippen LogP contribution in [0.5, 0.6) is 0 Å². The number of carbonyl (C=O) groups is 1. The Kier molecular flexibility index (Phi) is 4.37. The van der Waals surface area contributed by atoms with Crippen molar-refractivity contribution in [1.29, 1.82) is 0 Å². The molecule has 2 fully saturated rings. The number of rotatable bonds is 3. The minimum absolute atomic E-state index is 0.360. The molecule has 1 saturated heterocycles. The fraction of sp³-hybridized carbons (Fsp3) is 0.464. The number of hydrogen-bond donors (Lipinski definition) is 0. The molecule has 4 unspecified atom stereocenters. The van der Waals surface area contributed by atoms with E-state index in [0.29, 0.717) is 17.7 Å². The minimum Gasteiger partial charge on any atom is -0.315 e. The molecule has 2 aliphatic heterocycles. The van der Waals surface area contributed by atoms with Gasteiger partial charge in [-0.25, -0.2) is 0 Å². The van der Waals surface area contributed by atoms with Gasteiger partial charge in [-0.1, -0.05) is 73.5 Å². The summed E-state index contributed by atoms with van der Waals surface area (Å²) < 4.78 is 0. The van der Waals surface area contributed by atoms with E-state index in [1.807, 2.05) is 0 Å². The molecule has 2 nitrogen and oxygen atoms in total. The van der Waals surface area contributed by atoms with Crippen molar-refractivity contribution in [3.8, 4) is 0 Å². The first kappa shape index (κ1) is 18.4. The number of allylic oxidation sites excluding steroid dienone is 1. The molecule has 2 aromatic rings. The van der Waals surface area contributed by atoms with Gasteiger partial charge < -0.3 is 4.90 Å². The van der Waals surface area contributed by atoms with Crippen LogP contribution in [0.3, 0.4) is 0 Å². The summed E-state index contributed by atoms with van der Waals surface area (Å²) in [6, 6.07) is 21.4. The molecule has 30 heavy (non-hydrogen) atoms. The molecule has 154 valence electrons. The third-order valence-corrected chi connectivity index (χ3v) is 8.50. The molecule has 0 spiro atoms. The summed E-state index contributed by atoms with van der Waals surface area (Å²) >= 11 is 0. The Morgan fingerprint density at radius 2 is 1.60 bits per heavy atom. The monoisotopic (exact) mass is 397 g/mol. The molecule has 1 amide bonds. The Balaban J connectivity index is 1.54. The van der Waals surface area contributed by atoms with Gasteiger partial charge in [0.1, 0.15) is 5.41 Å². The first-order valence-electron chi connectivity index (χ1n) is 11.9. The maximum atomic E-state index is 14.4. The second-order valence-electron chi connectivity index (χ2n) is 9.92. The maximum Gasteiger partial charge on any atom is 0.241 e. The molecule has 0 radical (unpaired) electrons. The van der Waals surface area contributed by atoms with E-state index < -0.39 is 5.41 Å². The van der Waals surface area contributed by atoms with Crippen LogP contribution in [0.2, 0.25) is 0 Å². The maximum absolute atomic E-state index is 14.4. The lowest BCUT2D eigenvalue weighted by atomic mass is 9.63. The van der Waals surface area contributed by atoms with Crippen LogP contribution in [0.1, 0.15) is 56.1 Å². The summed E-state index contributed by atoms with van der Waals surface area (Å²) in [4.78, 5) is 16.6. The van der Waals surface area contributed by atoms with Crippen LogP contribution < -0.4 is 0 Å². The van der Waals surface area contributed by atoms with Crippen molar-refractivity contribution in [1.82, 2.24) is 4.90 Å². The topological polar surface area (TPSA) is 20.3 Å². The van der Waals surface area contributed by atoms with Crippen molar-refractivity contribution in [2.75, 3.05) is 6.54 Å². The molecule has 0 N–H and O–H groups in total. The van der Waals surface area contributed by atoms with Crippen molar-refractivity contribution in [3.05, 3.63) is 83.1 Å². The summed E-state index contributed by atoms with van der Waals surface area (Å²) in [5, 5.41) is 0. The van der Waals surface area contributed by atoms with Gasteiger partial charge in [0.25, 0.3) is 0 Å². The highest BCUT2D eigenvalue weighted by molar-refractivity contribution is 5.97. The zero-order valence-electron chi connectivity index (χ0n) is 17.7. The fourth-order valence-electron chi connectivity index (χ4n) is 7.28. The molecule has 4 aliphatic rings. The number of nitrogens with zero attached hydrogens (tertiary/aromatic N) is 1. The van der Waals surface area contributed by atoms with Gasteiger partial charge in [-0.3, -0.25) is 4.79 Å². The van der Waals surface area contributed by atoms with Crippen molar-refractivity contribution in [3.63, 3.8) is 0 Å². The Labute approximate surface area is 180 Å². The van der Waals surface area contributed by atoms with E-state index in [4.69, 9.17) is 0 Å². The van der Waals surface area contributed by atoms with Gasteiger partial charge in [0.05, 0.1) is 0 Å². The molecule has 2 heterocycles. The Morgan fingerprint density at radius 1 is 0.867 bits per heavy atom. The summed E-state index contributed by atoms with van der Waals surface area (Å²) in [5.41, 5.74) is 4.86. The summed E-state index contributed by atoms with van der Waals surface area (Å²) in [5.74, 6) is 2.48. The first-order chi connectivity index (χ1) is 14.8. The van der Waals surface area contributed by atoms with E-state index >= 15 is 0 Å². The normalized spacial score (nSPS) is 32.7. The van der Waals surface area contributed by atoms with E-state index in [2.05, 4.69) is 65.6 Å². The molecule has 1 saturated carbocycles. The van der Waals surface area contributed by atoms with Crippen molar-refractivity contribution in [2.24, 2.45) is 17.8 Å². The lowest BCUT2D eigenvalue weighted by Crippen LogP contribution is -2.49. The average Bonchev–Trinajstić information content (AvgIpc) is 3.05. The Bertz CT molecular complexity index is 978. The van der Waals surface area contributed by atoms with Gasteiger partial charge in [0.2, 0.25) is 5.91 Å². The van der Waals surface area contributed by atoms with E-state index in [0.717, 1.165) is 25.3 Å². The predicted octanol–water partition coefficient (Wildman–Crippen LogP) is 5.88. The standard InChI is InChI=1S/C28H31NO/c30-27-28(22-13-5-2-6-14-22,18-20-10-3-1-4-11-20)25-17-9-16-24-23-15-8-7-12-21(23)19-29(27)26(24)25/h1-6,10-11,13-14,21,23-24H,7-9,12,15-19H2. The van der Waals surface area contributed by atoms with Gasteiger partial charge in [0.15, 0.2) is 0 Å². The Hall–Kier alpha value is -2.35. The molecule has 2 heteroatoms. The molecule has 4 atom stereocenters. The van der Waals surface area contributed by atoms with Crippen LogP contribution in [-0.2, 0) is 16.6 Å². The average molecular weight is 398 g/mol. The van der Waals surface area contributed by atoms with E-state index in [1.54, 1.807) is 0 Å². The molecule has 2 aromatic carbocycles. The third-order valence-electron chi connectivity index (χ3n) is 8.50. The van der Waals surface area contributed by atoms with Gasteiger partial charge in [-0.2, -0.15) is 0 Å². The highest BCUT2D eigenvalue weighted by Gasteiger charge is 2.58. The quantitative estimate of drug-likeness (QED) is 0.633. The van der Waals surface area contributed by atoms with Gasteiger partial charge in [-0.05, 0) is 67.1 Å². The van der Waals surface area contributed by atoms with Gasteiger partial charge >= 0.3 is 0 Å². The van der Waals surface area contributed by atoms with Crippen molar-refractivity contribution >= 4 is 5.91 Å². The van der Waals surface area contributed by atoms with E-state index in [1.165, 1.54) is 60.9 Å². The van der Waals surface area contributed by atoms with Crippen LogP contribution >= 0.6 is 0 Å². The molecule has 2 aliphatic carbocycles. The smallest absolute Gasteiger partial charge is 0.241 e. The highest BCUT2D eigenvalue weighted by Crippen LogP contribution is 2.58. The number of hydrogen-bond acceptors (Lipinski definition) is 1. The second-order valence-corrected chi connectivity index (χ2v) is 9.92. The predicted molar refractivity (Wildman–Crippen MR) is 120 cm³/mol. The van der Waals surface area contributed by atoms with Crippen LogP contribution in [0.4, 0.5) is 0 Å². The van der Waals surface area contributed by atoms with E-state index in [9.17, 15) is 4.79 Å². The summed E-state index contributed by atoms with van der Waals surface area (Å²) in [6.07, 6.45) is 9.77. The van der Waals surface area contributed by atoms with E-state index in [-0.39, 0.29) is 0 Å². The molecule has 0 aromatic heterocycles. The first-order valence-corrected chi connectivity index (χ1v) is 11.9. The van der Waals surface area contributed by atoms with Crippen LogP contribution in [-0.4, -0.2) is 17.4 Å². The largest absolute Gasteiger partial charge is 0.315 e. The molecule has 6 rings (SSSR count). The summed E-state index contributed by atoms with van der Waals surface area (Å²) in [6.45, 7) is 0.961. The number of piperidine rings is 1. The number of carbonyl (C=O) groups excluding carboxylic acids is 1. The minimum atomic E-state index is -0.510. The molecular weight excluding hydrogens is 366 g/mol. The number of benzene rings is 2. The third kappa shape index (κ3) is 2.58.